The maximum Gasteiger partial charge on any atom is 0.272 e. The quantitative estimate of drug-likeness (QED) is 0.860. The van der Waals surface area contributed by atoms with E-state index in [0.717, 1.165) is 31.5 Å². The van der Waals surface area contributed by atoms with Crippen molar-refractivity contribution in [1.82, 2.24) is 14.9 Å². The fourth-order valence-corrected chi connectivity index (χ4v) is 4.27. The summed E-state index contributed by atoms with van der Waals surface area (Å²) in [6.07, 6.45) is 6.93. The molecule has 2 fully saturated rings. The second kappa shape index (κ2) is 6.47. The molecule has 2 atom stereocenters. The lowest BCUT2D eigenvalue weighted by Crippen LogP contribution is -2.36. The Morgan fingerprint density at radius 3 is 3.04 bits per heavy atom. The van der Waals surface area contributed by atoms with E-state index in [1.165, 1.54) is 6.42 Å². The van der Waals surface area contributed by atoms with Crippen molar-refractivity contribution in [3.05, 3.63) is 54.0 Å². The van der Waals surface area contributed by atoms with Gasteiger partial charge in [0.25, 0.3) is 5.91 Å². The SMILES string of the molecule is Cc1ccnc(C(=O)N2C[C@@H]3CCC[C@]3(COc3ccccn3)C2)c1. The van der Waals surface area contributed by atoms with E-state index in [4.69, 9.17) is 4.74 Å². The minimum atomic E-state index is 0.0373. The number of nitrogens with zero attached hydrogens (tertiary/aromatic N) is 3. The molecule has 5 nitrogen and oxygen atoms in total. The molecule has 4 rings (SSSR count). The number of aromatic nitrogens is 2. The van der Waals surface area contributed by atoms with Gasteiger partial charge in [-0.3, -0.25) is 9.78 Å². The number of amides is 1. The van der Waals surface area contributed by atoms with Crippen molar-refractivity contribution in [2.75, 3.05) is 19.7 Å². The molecule has 2 aromatic heterocycles. The predicted molar refractivity (Wildman–Crippen MR) is 94.4 cm³/mol. The molecule has 0 unspecified atom stereocenters. The summed E-state index contributed by atoms with van der Waals surface area (Å²) in [7, 11) is 0. The molecule has 0 radical (unpaired) electrons. The van der Waals surface area contributed by atoms with Crippen LogP contribution in [0.4, 0.5) is 0 Å². The number of carbonyl (C=O) groups is 1. The van der Waals surface area contributed by atoms with Crippen molar-refractivity contribution >= 4 is 5.91 Å². The Morgan fingerprint density at radius 1 is 1.32 bits per heavy atom. The molecule has 0 spiro atoms. The molecular weight excluding hydrogens is 314 g/mol. The highest BCUT2D eigenvalue weighted by Gasteiger charge is 2.51. The summed E-state index contributed by atoms with van der Waals surface area (Å²) in [6.45, 7) is 4.16. The molecule has 1 saturated heterocycles. The Labute approximate surface area is 148 Å². The van der Waals surface area contributed by atoms with E-state index in [-0.39, 0.29) is 11.3 Å². The van der Waals surface area contributed by atoms with Gasteiger partial charge in [-0.2, -0.15) is 0 Å². The molecule has 2 aliphatic rings. The zero-order chi connectivity index (χ0) is 17.3. The van der Waals surface area contributed by atoms with Crippen molar-refractivity contribution in [3.8, 4) is 5.88 Å². The Hall–Kier alpha value is -2.43. The molecule has 1 amide bonds. The van der Waals surface area contributed by atoms with Crippen LogP contribution in [0.2, 0.25) is 0 Å². The van der Waals surface area contributed by atoms with Crippen LogP contribution in [0.5, 0.6) is 5.88 Å². The second-order valence-corrected chi connectivity index (χ2v) is 7.31. The molecule has 3 heterocycles. The van der Waals surface area contributed by atoms with E-state index in [1.54, 1.807) is 12.4 Å². The maximum atomic E-state index is 12.9. The van der Waals surface area contributed by atoms with Gasteiger partial charge >= 0.3 is 0 Å². The summed E-state index contributed by atoms with van der Waals surface area (Å²) in [6, 6.07) is 9.48. The van der Waals surface area contributed by atoms with Gasteiger partial charge in [0.05, 0.1) is 6.61 Å². The van der Waals surface area contributed by atoms with Crippen LogP contribution < -0.4 is 4.74 Å². The zero-order valence-electron chi connectivity index (χ0n) is 14.5. The number of pyridine rings is 2. The summed E-state index contributed by atoms with van der Waals surface area (Å²) < 4.78 is 5.98. The van der Waals surface area contributed by atoms with Crippen LogP contribution in [0.3, 0.4) is 0 Å². The van der Waals surface area contributed by atoms with Crippen molar-refractivity contribution in [1.29, 1.82) is 0 Å². The lowest BCUT2D eigenvalue weighted by molar-refractivity contribution is 0.0739. The average Bonchev–Trinajstić information content (AvgIpc) is 3.17. The number of hydrogen-bond acceptors (Lipinski definition) is 4. The van der Waals surface area contributed by atoms with E-state index in [2.05, 4.69) is 9.97 Å². The van der Waals surface area contributed by atoms with Gasteiger partial charge in [0.2, 0.25) is 5.88 Å². The largest absolute Gasteiger partial charge is 0.477 e. The number of carbonyl (C=O) groups excluding carboxylic acids is 1. The number of fused-ring (bicyclic) bond motifs is 1. The van der Waals surface area contributed by atoms with Gasteiger partial charge in [-0.15, -0.1) is 0 Å². The summed E-state index contributed by atoms with van der Waals surface area (Å²) in [5, 5.41) is 0. The number of ether oxygens (including phenoxy) is 1. The molecular formula is C20H23N3O2. The van der Waals surface area contributed by atoms with Crippen molar-refractivity contribution in [2.24, 2.45) is 11.3 Å². The van der Waals surface area contributed by atoms with Crippen molar-refractivity contribution < 1.29 is 9.53 Å². The highest BCUT2D eigenvalue weighted by atomic mass is 16.5. The lowest BCUT2D eigenvalue weighted by atomic mass is 9.81. The van der Waals surface area contributed by atoms with Crippen LogP contribution in [0.1, 0.15) is 35.3 Å². The standard InChI is InChI=1S/C20H23N3O2/c1-15-7-10-21-17(11-15)19(24)23-12-16-5-4-8-20(16,13-23)14-25-18-6-2-3-9-22-18/h2-3,6-7,9-11,16H,4-5,8,12-14H2,1H3/t16-,20+/m0/s1. The monoisotopic (exact) mass is 337 g/mol. The van der Waals surface area contributed by atoms with Crippen LogP contribution in [0, 0.1) is 18.3 Å². The van der Waals surface area contributed by atoms with Gasteiger partial charge < -0.3 is 9.64 Å². The van der Waals surface area contributed by atoms with Gasteiger partial charge in [0.15, 0.2) is 0 Å². The summed E-state index contributed by atoms with van der Waals surface area (Å²) in [5.41, 5.74) is 1.66. The molecule has 1 aliphatic carbocycles. The third kappa shape index (κ3) is 3.11. The Balaban J connectivity index is 1.48. The van der Waals surface area contributed by atoms with Crippen LogP contribution >= 0.6 is 0 Å². The fourth-order valence-electron chi connectivity index (χ4n) is 4.27. The summed E-state index contributed by atoms with van der Waals surface area (Å²) in [4.78, 5) is 23.3. The van der Waals surface area contributed by atoms with Gasteiger partial charge in [0, 0.05) is 37.0 Å². The molecule has 1 aliphatic heterocycles. The highest BCUT2D eigenvalue weighted by molar-refractivity contribution is 5.92. The first-order valence-electron chi connectivity index (χ1n) is 8.92. The Bertz CT molecular complexity index is 765. The minimum Gasteiger partial charge on any atom is -0.477 e. The van der Waals surface area contributed by atoms with Crippen LogP contribution in [-0.2, 0) is 0 Å². The summed E-state index contributed by atoms with van der Waals surface area (Å²) >= 11 is 0. The number of rotatable bonds is 4. The van der Waals surface area contributed by atoms with E-state index in [1.807, 2.05) is 42.2 Å². The first-order valence-corrected chi connectivity index (χ1v) is 8.92. The van der Waals surface area contributed by atoms with Gasteiger partial charge in [-0.1, -0.05) is 12.5 Å². The molecule has 1 saturated carbocycles. The second-order valence-electron chi connectivity index (χ2n) is 7.31. The smallest absolute Gasteiger partial charge is 0.272 e. The molecule has 5 heteroatoms. The van der Waals surface area contributed by atoms with Crippen LogP contribution in [0.15, 0.2) is 42.7 Å². The molecule has 0 N–H and O–H groups in total. The third-order valence-corrected chi connectivity index (χ3v) is 5.61. The lowest BCUT2D eigenvalue weighted by Gasteiger charge is -2.28. The molecule has 2 aromatic rings. The van der Waals surface area contributed by atoms with Gasteiger partial charge in [0.1, 0.15) is 5.69 Å². The summed E-state index contributed by atoms with van der Waals surface area (Å²) in [5.74, 6) is 1.20. The molecule has 0 aromatic carbocycles. The number of hydrogen-bond donors (Lipinski definition) is 0. The minimum absolute atomic E-state index is 0.0373. The maximum absolute atomic E-state index is 12.9. The molecule has 0 bridgehead atoms. The van der Waals surface area contributed by atoms with Crippen LogP contribution in [0.25, 0.3) is 0 Å². The zero-order valence-corrected chi connectivity index (χ0v) is 14.5. The number of aryl methyl sites for hydroxylation is 1. The normalized spacial score (nSPS) is 25.0. The van der Waals surface area contributed by atoms with Gasteiger partial charge in [-0.25, -0.2) is 4.98 Å². The molecule has 25 heavy (non-hydrogen) atoms. The Kier molecular flexibility index (Phi) is 4.15. The van der Waals surface area contributed by atoms with E-state index in [9.17, 15) is 4.79 Å². The topological polar surface area (TPSA) is 55.3 Å². The van der Waals surface area contributed by atoms with Crippen molar-refractivity contribution in [3.63, 3.8) is 0 Å². The predicted octanol–water partition coefficient (Wildman–Crippen LogP) is 3.11. The van der Waals surface area contributed by atoms with E-state index in [0.29, 0.717) is 24.1 Å². The molecule has 130 valence electrons. The number of likely N-dealkylation sites (tertiary alicyclic amines) is 1. The van der Waals surface area contributed by atoms with E-state index >= 15 is 0 Å². The van der Waals surface area contributed by atoms with Crippen molar-refractivity contribution in [2.45, 2.75) is 26.2 Å². The third-order valence-electron chi connectivity index (χ3n) is 5.61. The fraction of sp³-hybridized carbons (Fsp3) is 0.450. The van der Waals surface area contributed by atoms with Crippen LogP contribution in [-0.4, -0.2) is 40.5 Å². The Morgan fingerprint density at radius 2 is 2.24 bits per heavy atom. The van der Waals surface area contributed by atoms with Gasteiger partial charge in [-0.05, 0) is 49.4 Å². The van der Waals surface area contributed by atoms with E-state index < -0.39 is 0 Å². The first-order chi connectivity index (χ1) is 12.2. The highest BCUT2D eigenvalue weighted by Crippen LogP contribution is 2.49. The average molecular weight is 337 g/mol. The first kappa shape index (κ1) is 16.1.